The van der Waals surface area contributed by atoms with Gasteiger partial charge in [-0.05, 0) is 29.5 Å². The molecule has 102 valence electrons. The van der Waals surface area contributed by atoms with Crippen LogP contribution in [-0.4, -0.2) is 12.3 Å². The Labute approximate surface area is 104 Å². The molecule has 1 nitrogen and oxygen atoms in total. The highest BCUT2D eigenvalue weighted by Crippen LogP contribution is 2.36. The van der Waals surface area contributed by atoms with Crippen molar-refractivity contribution in [3.8, 4) is 0 Å². The third-order valence-electron chi connectivity index (χ3n) is 3.04. The summed E-state index contributed by atoms with van der Waals surface area (Å²) in [6, 6.07) is 3.00. The quantitative estimate of drug-likeness (QED) is 0.805. The van der Waals surface area contributed by atoms with E-state index in [1.807, 2.05) is 6.92 Å². The molecule has 0 heterocycles. The maximum atomic E-state index is 13.3. The maximum Gasteiger partial charge on any atom is 0.326 e. The molecular weight excluding hydrogens is 246 g/mol. The van der Waals surface area contributed by atoms with Crippen LogP contribution in [-0.2, 0) is 12.8 Å². The smallest absolute Gasteiger partial charge is 0.319 e. The van der Waals surface area contributed by atoms with Crippen LogP contribution in [0.25, 0.3) is 0 Å². The molecule has 1 rings (SSSR count). The number of aryl methyl sites for hydroxylation is 2. The minimum atomic E-state index is -4.21. The minimum Gasteiger partial charge on any atom is -0.319 e. The maximum absolute atomic E-state index is 13.3. The molecule has 0 aliphatic rings. The van der Waals surface area contributed by atoms with E-state index < -0.39 is 18.4 Å². The average molecular weight is 263 g/mol. The Hall–Kier alpha value is -1.10. The van der Waals surface area contributed by atoms with Crippen molar-refractivity contribution >= 4 is 0 Å². The van der Waals surface area contributed by atoms with Crippen LogP contribution in [0.2, 0.25) is 0 Å². The normalized spacial score (nSPS) is 14.0. The van der Waals surface area contributed by atoms with Crippen molar-refractivity contribution < 1.29 is 17.6 Å². The van der Waals surface area contributed by atoms with Gasteiger partial charge < -0.3 is 5.73 Å². The molecule has 0 saturated carbocycles. The largest absolute Gasteiger partial charge is 0.326 e. The number of hydrogen-bond acceptors (Lipinski definition) is 1. The first kappa shape index (κ1) is 15.0. The van der Waals surface area contributed by atoms with E-state index in [9.17, 15) is 17.6 Å². The van der Waals surface area contributed by atoms with Gasteiger partial charge in [0.25, 0.3) is 0 Å². The van der Waals surface area contributed by atoms with Gasteiger partial charge in [-0.25, -0.2) is 8.78 Å². The lowest BCUT2D eigenvalue weighted by atomic mass is 9.92. The summed E-state index contributed by atoms with van der Waals surface area (Å²) in [5.41, 5.74) is 6.85. The number of rotatable bonds is 5. The predicted octanol–water partition coefficient (Wildman–Crippen LogP) is 3.71. The molecule has 0 aliphatic carbocycles. The van der Waals surface area contributed by atoms with E-state index in [2.05, 4.69) is 0 Å². The molecule has 1 aromatic rings. The Balaban J connectivity index is 3.21. The first-order chi connectivity index (χ1) is 8.34. The first-order valence-electron chi connectivity index (χ1n) is 5.87. The molecule has 1 unspecified atom stereocenters. The van der Waals surface area contributed by atoms with E-state index >= 15 is 0 Å². The third kappa shape index (κ3) is 2.83. The van der Waals surface area contributed by atoms with Crippen molar-refractivity contribution in [3.05, 3.63) is 34.9 Å². The summed E-state index contributed by atoms with van der Waals surface area (Å²) in [4.78, 5) is 0. The molecule has 0 aromatic heterocycles. The van der Waals surface area contributed by atoms with Crippen LogP contribution < -0.4 is 5.73 Å². The molecule has 0 aliphatic heterocycles. The summed E-state index contributed by atoms with van der Waals surface area (Å²) in [6.45, 7) is 3.64. The molecule has 18 heavy (non-hydrogen) atoms. The summed E-state index contributed by atoms with van der Waals surface area (Å²) >= 11 is 0. The molecule has 0 radical (unpaired) electrons. The minimum absolute atomic E-state index is 0.113. The number of benzene rings is 1. The summed E-state index contributed by atoms with van der Waals surface area (Å²) in [5.74, 6) is -4.21. The van der Waals surface area contributed by atoms with E-state index in [1.54, 1.807) is 19.1 Å². The van der Waals surface area contributed by atoms with Crippen LogP contribution in [0.3, 0.4) is 0 Å². The second-order valence-electron chi connectivity index (χ2n) is 4.19. The Kier molecular flexibility index (Phi) is 4.73. The molecular formula is C13H17F4N. The highest BCUT2D eigenvalue weighted by molar-refractivity contribution is 5.35. The van der Waals surface area contributed by atoms with Crippen LogP contribution in [0.15, 0.2) is 18.2 Å². The molecule has 0 spiro atoms. The molecule has 2 N–H and O–H groups in total. The highest BCUT2D eigenvalue weighted by Gasteiger charge is 2.48. The molecule has 0 bridgehead atoms. The van der Waals surface area contributed by atoms with E-state index in [-0.39, 0.29) is 5.56 Å². The number of hydrogen-bond donors (Lipinski definition) is 1. The summed E-state index contributed by atoms with van der Waals surface area (Å²) < 4.78 is 51.3. The summed E-state index contributed by atoms with van der Waals surface area (Å²) in [6.07, 6.45) is -2.64. The second-order valence-corrected chi connectivity index (χ2v) is 4.19. The Morgan fingerprint density at radius 1 is 1.17 bits per heavy atom. The van der Waals surface area contributed by atoms with Crippen molar-refractivity contribution in [2.24, 2.45) is 5.73 Å². The van der Waals surface area contributed by atoms with Crippen LogP contribution in [0.5, 0.6) is 0 Å². The van der Waals surface area contributed by atoms with Gasteiger partial charge >= 0.3 is 12.3 Å². The Morgan fingerprint density at radius 3 is 2.22 bits per heavy atom. The van der Waals surface area contributed by atoms with Gasteiger partial charge in [-0.2, -0.15) is 8.78 Å². The van der Waals surface area contributed by atoms with Crippen molar-refractivity contribution in [3.63, 3.8) is 0 Å². The topological polar surface area (TPSA) is 26.0 Å². The van der Waals surface area contributed by atoms with Crippen molar-refractivity contribution in [2.75, 3.05) is 0 Å². The van der Waals surface area contributed by atoms with Gasteiger partial charge in [-0.3, -0.25) is 0 Å². The SMILES string of the molecule is CCc1ccc(CC)c(C(N)C(F)(F)C(F)F)c1. The summed E-state index contributed by atoms with van der Waals surface area (Å²) in [7, 11) is 0. The Bertz CT molecular complexity index is 404. The number of alkyl halides is 4. The van der Waals surface area contributed by atoms with Crippen LogP contribution >= 0.6 is 0 Å². The van der Waals surface area contributed by atoms with Crippen molar-refractivity contribution in [1.82, 2.24) is 0 Å². The highest BCUT2D eigenvalue weighted by atomic mass is 19.3. The van der Waals surface area contributed by atoms with Crippen LogP contribution in [0, 0.1) is 0 Å². The predicted molar refractivity (Wildman–Crippen MR) is 63.1 cm³/mol. The molecule has 0 fully saturated rings. The second kappa shape index (κ2) is 5.69. The van der Waals surface area contributed by atoms with Gasteiger partial charge in [-0.1, -0.05) is 32.0 Å². The van der Waals surface area contributed by atoms with Gasteiger partial charge in [0, 0.05) is 0 Å². The lowest BCUT2D eigenvalue weighted by molar-refractivity contribution is -0.144. The molecule has 1 atom stereocenters. The van der Waals surface area contributed by atoms with Gasteiger partial charge in [0.05, 0.1) is 0 Å². The van der Waals surface area contributed by atoms with Gasteiger partial charge in [-0.15, -0.1) is 0 Å². The fourth-order valence-electron chi connectivity index (χ4n) is 1.82. The van der Waals surface area contributed by atoms with E-state index in [4.69, 9.17) is 5.73 Å². The van der Waals surface area contributed by atoms with Crippen molar-refractivity contribution in [1.29, 1.82) is 0 Å². The average Bonchev–Trinajstić information content (AvgIpc) is 2.36. The first-order valence-corrected chi connectivity index (χ1v) is 5.87. The fraction of sp³-hybridized carbons (Fsp3) is 0.538. The number of halogens is 4. The van der Waals surface area contributed by atoms with E-state index in [1.165, 1.54) is 6.07 Å². The van der Waals surface area contributed by atoms with Crippen molar-refractivity contribution in [2.45, 2.75) is 45.1 Å². The fourth-order valence-corrected chi connectivity index (χ4v) is 1.82. The molecule has 5 heteroatoms. The van der Waals surface area contributed by atoms with Gasteiger partial charge in [0.2, 0.25) is 0 Å². The summed E-state index contributed by atoms with van der Waals surface area (Å²) in [5, 5.41) is 0. The molecule has 0 amide bonds. The zero-order valence-corrected chi connectivity index (χ0v) is 10.4. The van der Waals surface area contributed by atoms with E-state index in [0.29, 0.717) is 18.4 Å². The monoisotopic (exact) mass is 263 g/mol. The van der Waals surface area contributed by atoms with Crippen LogP contribution in [0.1, 0.15) is 36.6 Å². The van der Waals surface area contributed by atoms with Gasteiger partial charge in [0.15, 0.2) is 0 Å². The zero-order valence-electron chi connectivity index (χ0n) is 10.4. The molecule has 0 saturated heterocycles. The lowest BCUT2D eigenvalue weighted by Crippen LogP contribution is -2.40. The zero-order chi connectivity index (χ0) is 13.9. The van der Waals surface area contributed by atoms with Crippen LogP contribution in [0.4, 0.5) is 17.6 Å². The Morgan fingerprint density at radius 2 is 1.78 bits per heavy atom. The lowest BCUT2D eigenvalue weighted by Gasteiger charge is -2.25. The standard InChI is InChI=1S/C13H17F4N/c1-3-8-5-6-9(4-2)10(7-8)11(18)13(16,17)12(14)15/h5-7,11-12H,3-4,18H2,1-2H3. The number of nitrogens with two attached hydrogens (primary N) is 1. The third-order valence-corrected chi connectivity index (χ3v) is 3.04. The molecule has 1 aromatic carbocycles. The van der Waals surface area contributed by atoms with Gasteiger partial charge in [0.1, 0.15) is 6.04 Å². The van der Waals surface area contributed by atoms with E-state index in [0.717, 1.165) is 5.56 Å².